The van der Waals surface area contributed by atoms with Crippen LogP contribution in [0, 0.1) is 0 Å². The molecule has 2 heterocycles. The Bertz CT molecular complexity index is 422. The molecule has 1 N–H and O–H groups in total. The van der Waals surface area contributed by atoms with Crippen LogP contribution in [0.1, 0.15) is 37.5 Å². The summed E-state index contributed by atoms with van der Waals surface area (Å²) in [6.45, 7) is 5.02. The second-order valence-electron chi connectivity index (χ2n) is 4.86. The quantitative estimate of drug-likeness (QED) is 0.665. The van der Waals surface area contributed by atoms with Gasteiger partial charge in [0.15, 0.2) is 0 Å². The van der Waals surface area contributed by atoms with E-state index in [2.05, 4.69) is 15.4 Å². The van der Waals surface area contributed by atoms with Crippen LogP contribution < -0.4 is 5.43 Å². The third-order valence-electron chi connectivity index (χ3n) is 3.33. The largest absolute Gasteiger partial charge is 0.303 e. The van der Waals surface area contributed by atoms with E-state index in [-0.39, 0.29) is 5.91 Å². The van der Waals surface area contributed by atoms with Crippen molar-refractivity contribution >= 4 is 23.0 Å². The van der Waals surface area contributed by atoms with E-state index < -0.39 is 0 Å². The van der Waals surface area contributed by atoms with Gasteiger partial charge in [-0.1, -0.05) is 12.5 Å². The number of amides is 1. The van der Waals surface area contributed by atoms with Crippen molar-refractivity contribution in [3.8, 4) is 0 Å². The van der Waals surface area contributed by atoms with E-state index in [9.17, 15) is 4.79 Å². The minimum Gasteiger partial charge on any atom is -0.303 e. The summed E-state index contributed by atoms with van der Waals surface area (Å²) in [6, 6.07) is 3.99. The molecular weight excluding hydrogens is 258 g/mol. The standard InChI is InChI=1S/C14H21N3OS/c1-12(13-6-5-11-19-13)15-16-14(18)7-10-17-8-3-2-4-9-17/h5-6,11H,2-4,7-10H2,1H3,(H,16,18)/b15-12+. The first-order chi connectivity index (χ1) is 9.25. The number of hydrazone groups is 1. The fourth-order valence-corrected chi connectivity index (χ4v) is 2.86. The molecule has 1 aromatic heterocycles. The lowest BCUT2D eigenvalue weighted by atomic mass is 10.1. The third-order valence-corrected chi connectivity index (χ3v) is 4.31. The molecule has 1 amide bonds. The fourth-order valence-electron chi connectivity index (χ4n) is 2.18. The summed E-state index contributed by atoms with van der Waals surface area (Å²) >= 11 is 1.63. The molecule has 1 aromatic rings. The van der Waals surface area contributed by atoms with E-state index in [0.717, 1.165) is 30.2 Å². The first-order valence-corrected chi connectivity index (χ1v) is 7.73. The summed E-state index contributed by atoms with van der Waals surface area (Å²) in [6.07, 6.45) is 4.38. The molecular formula is C14H21N3OS. The highest BCUT2D eigenvalue weighted by Gasteiger charge is 2.11. The van der Waals surface area contributed by atoms with Gasteiger partial charge in [-0.3, -0.25) is 4.79 Å². The van der Waals surface area contributed by atoms with Crippen molar-refractivity contribution in [1.82, 2.24) is 10.3 Å². The molecule has 1 aliphatic heterocycles. The Morgan fingerprint density at radius 1 is 1.42 bits per heavy atom. The smallest absolute Gasteiger partial charge is 0.241 e. The molecule has 5 heteroatoms. The van der Waals surface area contributed by atoms with Gasteiger partial charge in [-0.15, -0.1) is 11.3 Å². The highest BCUT2D eigenvalue weighted by atomic mass is 32.1. The number of carbonyl (C=O) groups is 1. The zero-order valence-electron chi connectivity index (χ0n) is 11.4. The van der Waals surface area contributed by atoms with Gasteiger partial charge in [-0.25, -0.2) is 5.43 Å². The number of nitrogens with zero attached hydrogens (tertiary/aromatic N) is 2. The van der Waals surface area contributed by atoms with Crippen molar-refractivity contribution in [1.29, 1.82) is 0 Å². The van der Waals surface area contributed by atoms with Gasteiger partial charge >= 0.3 is 0 Å². The van der Waals surface area contributed by atoms with Crippen LogP contribution in [0.3, 0.4) is 0 Å². The van der Waals surface area contributed by atoms with Crippen molar-refractivity contribution in [3.63, 3.8) is 0 Å². The maximum absolute atomic E-state index is 11.7. The minimum absolute atomic E-state index is 0.00137. The van der Waals surface area contributed by atoms with Crippen molar-refractivity contribution < 1.29 is 4.79 Å². The summed E-state index contributed by atoms with van der Waals surface area (Å²) < 4.78 is 0. The number of carbonyl (C=O) groups excluding carboxylic acids is 1. The number of likely N-dealkylation sites (tertiary alicyclic amines) is 1. The minimum atomic E-state index is 0.00137. The van der Waals surface area contributed by atoms with E-state index in [1.807, 2.05) is 24.4 Å². The molecule has 0 unspecified atom stereocenters. The normalized spacial score (nSPS) is 17.4. The van der Waals surface area contributed by atoms with Gasteiger partial charge in [-0.2, -0.15) is 5.10 Å². The number of piperidine rings is 1. The average molecular weight is 279 g/mol. The van der Waals surface area contributed by atoms with Crippen molar-refractivity contribution in [2.75, 3.05) is 19.6 Å². The van der Waals surface area contributed by atoms with Gasteiger partial charge in [0.05, 0.1) is 5.71 Å². The maximum Gasteiger partial charge on any atom is 0.241 e. The lowest BCUT2D eigenvalue weighted by Gasteiger charge is -2.25. The Hall–Kier alpha value is -1.20. The molecule has 0 bridgehead atoms. The molecule has 0 radical (unpaired) electrons. The SMILES string of the molecule is C/C(=N\NC(=O)CCN1CCCCC1)c1cccs1. The molecule has 1 fully saturated rings. The van der Waals surface area contributed by atoms with E-state index in [1.54, 1.807) is 11.3 Å². The van der Waals surface area contributed by atoms with Crippen molar-refractivity contribution in [3.05, 3.63) is 22.4 Å². The van der Waals surface area contributed by atoms with E-state index >= 15 is 0 Å². The van der Waals surface area contributed by atoms with Gasteiger partial charge in [0.25, 0.3) is 0 Å². The van der Waals surface area contributed by atoms with Crippen LogP contribution in [-0.4, -0.2) is 36.2 Å². The Labute approximate surface area is 118 Å². The van der Waals surface area contributed by atoms with Crippen LogP contribution in [0.15, 0.2) is 22.6 Å². The van der Waals surface area contributed by atoms with Crippen molar-refractivity contribution in [2.24, 2.45) is 5.10 Å². The summed E-state index contributed by atoms with van der Waals surface area (Å²) in [7, 11) is 0. The Morgan fingerprint density at radius 2 is 2.21 bits per heavy atom. The van der Waals surface area contributed by atoms with Crippen LogP contribution in [0.2, 0.25) is 0 Å². The van der Waals surface area contributed by atoms with E-state index in [4.69, 9.17) is 0 Å². The molecule has 2 rings (SSSR count). The summed E-state index contributed by atoms with van der Waals surface area (Å²) in [5.74, 6) is 0.00137. The van der Waals surface area contributed by atoms with Gasteiger partial charge in [-0.05, 0) is 44.3 Å². The highest BCUT2D eigenvalue weighted by Crippen LogP contribution is 2.10. The van der Waals surface area contributed by atoms with Gasteiger partial charge in [0.2, 0.25) is 5.91 Å². The molecule has 104 valence electrons. The molecule has 0 spiro atoms. The van der Waals surface area contributed by atoms with Gasteiger partial charge in [0.1, 0.15) is 0 Å². The number of thiophene rings is 1. The second kappa shape index (κ2) is 7.40. The number of rotatable bonds is 5. The molecule has 0 aliphatic carbocycles. The summed E-state index contributed by atoms with van der Waals surface area (Å²) in [4.78, 5) is 15.2. The third kappa shape index (κ3) is 4.76. The Morgan fingerprint density at radius 3 is 2.89 bits per heavy atom. The average Bonchev–Trinajstić information content (AvgIpc) is 2.98. The molecule has 1 aliphatic rings. The first kappa shape index (κ1) is 14.2. The number of hydrogen-bond donors (Lipinski definition) is 1. The number of hydrogen-bond acceptors (Lipinski definition) is 4. The predicted molar refractivity (Wildman–Crippen MR) is 79.6 cm³/mol. The monoisotopic (exact) mass is 279 g/mol. The van der Waals surface area contributed by atoms with Gasteiger partial charge < -0.3 is 4.90 Å². The van der Waals surface area contributed by atoms with Crippen LogP contribution in [0.4, 0.5) is 0 Å². The van der Waals surface area contributed by atoms with Crippen LogP contribution in [-0.2, 0) is 4.79 Å². The molecule has 1 saturated heterocycles. The van der Waals surface area contributed by atoms with Crippen LogP contribution >= 0.6 is 11.3 Å². The topological polar surface area (TPSA) is 44.7 Å². The Kier molecular flexibility index (Phi) is 5.54. The molecule has 0 saturated carbocycles. The van der Waals surface area contributed by atoms with Gasteiger partial charge in [0, 0.05) is 17.8 Å². The van der Waals surface area contributed by atoms with Crippen LogP contribution in [0.25, 0.3) is 0 Å². The fraction of sp³-hybridized carbons (Fsp3) is 0.571. The second-order valence-corrected chi connectivity index (χ2v) is 5.81. The summed E-state index contributed by atoms with van der Waals surface area (Å²) in [5, 5.41) is 6.15. The van der Waals surface area contributed by atoms with Crippen molar-refractivity contribution in [2.45, 2.75) is 32.6 Å². The lowest BCUT2D eigenvalue weighted by Crippen LogP contribution is -2.33. The maximum atomic E-state index is 11.7. The molecule has 0 aromatic carbocycles. The highest BCUT2D eigenvalue weighted by molar-refractivity contribution is 7.12. The predicted octanol–water partition coefficient (Wildman–Crippen LogP) is 2.46. The van der Waals surface area contributed by atoms with E-state index in [0.29, 0.717) is 6.42 Å². The first-order valence-electron chi connectivity index (χ1n) is 6.85. The molecule has 4 nitrogen and oxygen atoms in total. The zero-order valence-corrected chi connectivity index (χ0v) is 12.2. The lowest BCUT2D eigenvalue weighted by molar-refractivity contribution is -0.121. The van der Waals surface area contributed by atoms with E-state index in [1.165, 1.54) is 19.3 Å². The molecule has 19 heavy (non-hydrogen) atoms. The molecule has 0 atom stereocenters. The Balaban J connectivity index is 1.70. The van der Waals surface area contributed by atoms with Crippen LogP contribution in [0.5, 0.6) is 0 Å². The summed E-state index contributed by atoms with van der Waals surface area (Å²) in [5.41, 5.74) is 3.50. The zero-order chi connectivity index (χ0) is 13.5. The number of nitrogens with one attached hydrogen (secondary N) is 1.